The molecule has 5 heteroatoms. The molecule has 2 heterocycles. The zero-order chi connectivity index (χ0) is 16.2. The highest BCUT2D eigenvalue weighted by molar-refractivity contribution is 5.93. The fourth-order valence-corrected chi connectivity index (χ4v) is 3.18. The maximum Gasteiger partial charge on any atom is 0.257 e. The van der Waals surface area contributed by atoms with E-state index >= 15 is 0 Å². The third-order valence-corrected chi connectivity index (χ3v) is 4.60. The van der Waals surface area contributed by atoms with Crippen LogP contribution in [0.1, 0.15) is 35.3 Å². The average Bonchev–Trinajstić information content (AvgIpc) is 2.87. The van der Waals surface area contributed by atoms with Crippen LogP contribution in [0.5, 0.6) is 0 Å². The second-order valence-electron chi connectivity index (χ2n) is 6.17. The number of carbonyl (C=O) groups excluding carboxylic acids is 1. The Morgan fingerprint density at radius 3 is 2.61 bits per heavy atom. The minimum atomic E-state index is 0.0901. The smallest absolute Gasteiger partial charge is 0.257 e. The Labute approximate surface area is 137 Å². The van der Waals surface area contributed by atoms with Gasteiger partial charge in [0.15, 0.2) is 0 Å². The number of aromatic nitrogens is 2. The predicted molar refractivity (Wildman–Crippen MR) is 90.2 cm³/mol. The van der Waals surface area contributed by atoms with Crippen molar-refractivity contribution in [3.8, 4) is 0 Å². The molecule has 0 aliphatic carbocycles. The summed E-state index contributed by atoms with van der Waals surface area (Å²) in [5, 5.41) is 4.10. The van der Waals surface area contributed by atoms with E-state index < -0.39 is 0 Å². The van der Waals surface area contributed by atoms with Crippen molar-refractivity contribution in [2.75, 3.05) is 26.2 Å². The van der Waals surface area contributed by atoms with Gasteiger partial charge in [-0.2, -0.15) is 5.10 Å². The number of amides is 1. The first-order valence-electron chi connectivity index (χ1n) is 8.22. The van der Waals surface area contributed by atoms with Gasteiger partial charge in [0.1, 0.15) is 0 Å². The first-order valence-corrected chi connectivity index (χ1v) is 8.22. The molecule has 5 nitrogen and oxygen atoms in total. The van der Waals surface area contributed by atoms with Gasteiger partial charge in [0.2, 0.25) is 0 Å². The largest absolute Gasteiger partial charge is 0.337 e. The van der Waals surface area contributed by atoms with Crippen molar-refractivity contribution in [1.29, 1.82) is 0 Å². The van der Waals surface area contributed by atoms with Crippen LogP contribution in [0.15, 0.2) is 42.7 Å². The maximum absolute atomic E-state index is 12.6. The average molecular weight is 312 g/mol. The van der Waals surface area contributed by atoms with Gasteiger partial charge in [-0.1, -0.05) is 30.3 Å². The van der Waals surface area contributed by atoms with Crippen molar-refractivity contribution in [1.82, 2.24) is 19.6 Å². The molecule has 1 aromatic heterocycles. The van der Waals surface area contributed by atoms with E-state index in [-0.39, 0.29) is 5.91 Å². The van der Waals surface area contributed by atoms with Crippen molar-refractivity contribution < 1.29 is 4.79 Å². The number of nitrogens with zero attached hydrogens (tertiary/aromatic N) is 4. The molecular formula is C18H24N4O. The molecule has 1 saturated heterocycles. The minimum Gasteiger partial charge on any atom is -0.337 e. The second-order valence-corrected chi connectivity index (χ2v) is 6.17. The lowest BCUT2D eigenvalue weighted by Gasteiger charge is -2.28. The highest BCUT2D eigenvalue weighted by Gasteiger charge is 2.23. The van der Waals surface area contributed by atoms with Crippen LogP contribution in [0.2, 0.25) is 0 Å². The molecule has 1 aliphatic rings. The summed E-state index contributed by atoms with van der Waals surface area (Å²) in [6, 6.07) is 10.9. The summed E-state index contributed by atoms with van der Waals surface area (Å²) < 4.78 is 1.68. The van der Waals surface area contributed by atoms with Gasteiger partial charge in [-0.15, -0.1) is 0 Å². The van der Waals surface area contributed by atoms with E-state index in [1.807, 2.05) is 18.0 Å². The minimum absolute atomic E-state index is 0.0901. The van der Waals surface area contributed by atoms with Gasteiger partial charge < -0.3 is 4.90 Å². The van der Waals surface area contributed by atoms with Gasteiger partial charge in [-0.25, -0.2) is 0 Å². The summed E-state index contributed by atoms with van der Waals surface area (Å²) in [4.78, 5) is 17.0. The van der Waals surface area contributed by atoms with E-state index in [1.54, 1.807) is 17.1 Å². The summed E-state index contributed by atoms with van der Waals surface area (Å²) in [5.74, 6) is 0.0901. The second kappa shape index (κ2) is 6.96. The monoisotopic (exact) mass is 312 g/mol. The molecule has 0 bridgehead atoms. The SMILES string of the molecule is CC(c1ccccc1)N1CCCN(C(=O)c2cnn(C)c2)CC1. The van der Waals surface area contributed by atoms with E-state index in [4.69, 9.17) is 0 Å². The van der Waals surface area contributed by atoms with E-state index in [2.05, 4.69) is 41.2 Å². The standard InChI is InChI=1S/C18H24N4O/c1-15(16-7-4-3-5-8-16)21-9-6-10-22(12-11-21)18(23)17-13-19-20(2)14-17/h3-5,7-8,13-15H,6,9-12H2,1-2H3. The van der Waals surface area contributed by atoms with Crippen LogP contribution < -0.4 is 0 Å². The van der Waals surface area contributed by atoms with Crippen LogP contribution in [0.25, 0.3) is 0 Å². The quantitative estimate of drug-likeness (QED) is 0.873. The third kappa shape index (κ3) is 3.62. The molecule has 1 unspecified atom stereocenters. The van der Waals surface area contributed by atoms with Crippen LogP contribution in [0.3, 0.4) is 0 Å². The van der Waals surface area contributed by atoms with Crippen molar-refractivity contribution in [2.45, 2.75) is 19.4 Å². The number of carbonyl (C=O) groups is 1. The Balaban J connectivity index is 1.64. The van der Waals surface area contributed by atoms with Crippen molar-refractivity contribution in [3.05, 3.63) is 53.9 Å². The summed E-state index contributed by atoms with van der Waals surface area (Å²) in [6.07, 6.45) is 4.44. The molecule has 2 aromatic rings. The maximum atomic E-state index is 12.6. The highest BCUT2D eigenvalue weighted by Crippen LogP contribution is 2.21. The molecule has 0 radical (unpaired) electrons. The normalized spacial score (nSPS) is 17.7. The molecule has 3 rings (SSSR count). The molecule has 1 aromatic carbocycles. The number of hydrogen-bond acceptors (Lipinski definition) is 3. The van der Waals surface area contributed by atoms with Crippen molar-refractivity contribution in [2.24, 2.45) is 7.05 Å². The fraction of sp³-hybridized carbons (Fsp3) is 0.444. The molecule has 0 saturated carbocycles. The molecule has 122 valence electrons. The topological polar surface area (TPSA) is 41.4 Å². The Morgan fingerprint density at radius 2 is 1.91 bits per heavy atom. The lowest BCUT2D eigenvalue weighted by Crippen LogP contribution is -2.35. The summed E-state index contributed by atoms with van der Waals surface area (Å²) in [5.41, 5.74) is 2.01. The van der Waals surface area contributed by atoms with Crippen molar-refractivity contribution in [3.63, 3.8) is 0 Å². The van der Waals surface area contributed by atoms with Gasteiger partial charge in [0.05, 0.1) is 11.8 Å². The zero-order valence-corrected chi connectivity index (χ0v) is 13.9. The Morgan fingerprint density at radius 1 is 1.13 bits per heavy atom. The van der Waals surface area contributed by atoms with E-state index in [0.29, 0.717) is 11.6 Å². The molecule has 0 spiro atoms. The molecule has 0 N–H and O–H groups in total. The summed E-state index contributed by atoms with van der Waals surface area (Å²) >= 11 is 0. The van der Waals surface area contributed by atoms with Gasteiger partial charge in [0.25, 0.3) is 5.91 Å². The molecule has 1 atom stereocenters. The first-order chi connectivity index (χ1) is 11.1. The van der Waals surface area contributed by atoms with Crippen LogP contribution in [-0.4, -0.2) is 51.7 Å². The van der Waals surface area contributed by atoms with Gasteiger partial charge in [-0.05, 0) is 18.9 Å². The van der Waals surface area contributed by atoms with E-state index in [1.165, 1.54) is 5.56 Å². The van der Waals surface area contributed by atoms with Crippen LogP contribution in [0.4, 0.5) is 0 Å². The van der Waals surface area contributed by atoms with Crippen molar-refractivity contribution >= 4 is 5.91 Å². The molecule has 1 fully saturated rings. The Hall–Kier alpha value is -2.14. The zero-order valence-electron chi connectivity index (χ0n) is 13.9. The fourth-order valence-electron chi connectivity index (χ4n) is 3.18. The number of aryl methyl sites for hydroxylation is 1. The Bertz CT molecular complexity index is 652. The predicted octanol–water partition coefficient (Wildman–Crippen LogP) is 2.33. The number of rotatable bonds is 3. The van der Waals surface area contributed by atoms with Crippen LogP contribution in [0, 0.1) is 0 Å². The van der Waals surface area contributed by atoms with Gasteiger partial charge >= 0.3 is 0 Å². The Kier molecular flexibility index (Phi) is 4.76. The van der Waals surface area contributed by atoms with E-state index in [0.717, 1.165) is 32.6 Å². The number of benzene rings is 1. The van der Waals surface area contributed by atoms with Crippen LogP contribution >= 0.6 is 0 Å². The van der Waals surface area contributed by atoms with Gasteiger partial charge in [0, 0.05) is 45.5 Å². The highest BCUT2D eigenvalue weighted by atomic mass is 16.2. The summed E-state index contributed by atoms with van der Waals surface area (Å²) in [7, 11) is 1.84. The molecular weight excluding hydrogens is 288 g/mol. The van der Waals surface area contributed by atoms with Crippen LogP contribution in [-0.2, 0) is 7.05 Å². The van der Waals surface area contributed by atoms with E-state index in [9.17, 15) is 4.79 Å². The summed E-state index contributed by atoms with van der Waals surface area (Å²) in [6.45, 7) is 5.75. The molecule has 1 aliphatic heterocycles. The lowest BCUT2D eigenvalue weighted by molar-refractivity contribution is 0.0758. The van der Waals surface area contributed by atoms with Gasteiger partial charge in [-0.3, -0.25) is 14.4 Å². The molecule has 23 heavy (non-hydrogen) atoms. The number of hydrogen-bond donors (Lipinski definition) is 0. The third-order valence-electron chi connectivity index (χ3n) is 4.60. The molecule has 1 amide bonds. The first kappa shape index (κ1) is 15.7. The lowest BCUT2D eigenvalue weighted by atomic mass is 10.1.